The molecular formula is C16H20N2OS2. The summed E-state index contributed by atoms with van der Waals surface area (Å²) in [5, 5.41) is 7.27. The topological polar surface area (TPSA) is 42.0 Å². The minimum atomic E-state index is -0.283. The van der Waals surface area contributed by atoms with E-state index in [4.69, 9.17) is 0 Å². The van der Waals surface area contributed by atoms with Gasteiger partial charge < -0.3 is 5.32 Å². The monoisotopic (exact) mass is 320 g/mol. The van der Waals surface area contributed by atoms with Crippen molar-refractivity contribution in [2.45, 2.75) is 43.9 Å². The van der Waals surface area contributed by atoms with E-state index in [9.17, 15) is 4.79 Å². The molecule has 5 heteroatoms. The third-order valence-electron chi connectivity index (χ3n) is 4.28. The van der Waals surface area contributed by atoms with Crippen LogP contribution in [-0.2, 0) is 16.6 Å². The van der Waals surface area contributed by atoms with E-state index in [1.54, 1.807) is 22.7 Å². The van der Waals surface area contributed by atoms with Crippen molar-refractivity contribution >= 4 is 28.6 Å². The molecule has 1 N–H and O–H groups in total. The lowest BCUT2D eigenvalue weighted by Gasteiger charge is -2.35. The first-order chi connectivity index (χ1) is 10.3. The Kier molecular flexibility index (Phi) is 4.70. The maximum absolute atomic E-state index is 12.8. The minimum absolute atomic E-state index is 0.208. The second kappa shape index (κ2) is 6.71. The molecule has 0 aromatic carbocycles. The Labute approximate surface area is 133 Å². The molecule has 0 bridgehead atoms. The predicted octanol–water partition coefficient (Wildman–Crippen LogP) is 3.77. The Morgan fingerprint density at radius 1 is 1.33 bits per heavy atom. The van der Waals surface area contributed by atoms with Crippen molar-refractivity contribution in [2.75, 3.05) is 6.54 Å². The Morgan fingerprint density at radius 3 is 2.86 bits per heavy atom. The molecule has 0 aliphatic heterocycles. The van der Waals surface area contributed by atoms with Crippen LogP contribution in [0.3, 0.4) is 0 Å². The molecule has 0 unspecified atom stereocenters. The number of hydrogen-bond donors (Lipinski definition) is 1. The third kappa shape index (κ3) is 3.19. The Balaban J connectivity index is 1.66. The van der Waals surface area contributed by atoms with Gasteiger partial charge in [0.1, 0.15) is 0 Å². The largest absolute Gasteiger partial charge is 0.355 e. The number of nitrogens with zero attached hydrogens (tertiary/aromatic N) is 1. The van der Waals surface area contributed by atoms with E-state index in [1.165, 1.54) is 11.3 Å². The van der Waals surface area contributed by atoms with Gasteiger partial charge >= 0.3 is 0 Å². The number of thiazole rings is 1. The lowest BCUT2D eigenvalue weighted by Crippen LogP contribution is -2.45. The Morgan fingerprint density at radius 2 is 2.19 bits per heavy atom. The molecular weight excluding hydrogens is 300 g/mol. The van der Waals surface area contributed by atoms with Crippen LogP contribution in [-0.4, -0.2) is 17.4 Å². The first-order valence-electron chi connectivity index (χ1n) is 7.51. The number of carbonyl (C=O) groups is 1. The standard InChI is InChI=1S/C16H20N2OS2/c19-15(17-9-6-13-11-20-12-18-13)16(7-2-1-3-8-16)14-5-4-10-21-14/h4-5,10-12H,1-3,6-9H2,(H,17,19). The molecule has 1 saturated carbocycles. The molecule has 0 spiro atoms. The highest BCUT2D eigenvalue weighted by molar-refractivity contribution is 7.10. The molecule has 1 aliphatic rings. The summed E-state index contributed by atoms with van der Waals surface area (Å²) in [6.07, 6.45) is 6.33. The average molecular weight is 320 g/mol. The van der Waals surface area contributed by atoms with E-state index in [2.05, 4.69) is 27.8 Å². The second-order valence-corrected chi connectivity index (χ2v) is 7.27. The molecule has 0 saturated heterocycles. The zero-order chi connectivity index (χ0) is 14.5. The van der Waals surface area contributed by atoms with Gasteiger partial charge in [0.15, 0.2) is 0 Å². The number of hydrogen-bond acceptors (Lipinski definition) is 4. The SMILES string of the molecule is O=C(NCCc1cscn1)C1(c2cccs2)CCCCC1. The van der Waals surface area contributed by atoms with Crippen LogP contribution in [0.5, 0.6) is 0 Å². The average Bonchev–Trinajstić information content (AvgIpc) is 3.21. The van der Waals surface area contributed by atoms with Crippen LogP contribution in [0.4, 0.5) is 0 Å². The number of thiophene rings is 1. The zero-order valence-electron chi connectivity index (χ0n) is 12.0. The van der Waals surface area contributed by atoms with Gasteiger partial charge in [-0.05, 0) is 24.3 Å². The molecule has 1 fully saturated rings. The summed E-state index contributed by atoms with van der Waals surface area (Å²) >= 11 is 3.32. The Bertz CT molecular complexity index is 557. The van der Waals surface area contributed by atoms with Crippen LogP contribution >= 0.6 is 22.7 Å². The zero-order valence-corrected chi connectivity index (χ0v) is 13.6. The van der Waals surface area contributed by atoms with Gasteiger partial charge in [-0.1, -0.05) is 25.3 Å². The van der Waals surface area contributed by atoms with Gasteiger partial charge in [0.25, 0.3) is 0 Å². The van der Waals surface area contributed by atoms with Gasteiger partial charge in [0.2, 0.25) is 5.91 Å². The second-order valence-electron chi connectivity index (χ2n) is 5.61. The fraction of sp³-hybridized carbons (Fsp3) is 0.500. The first kappa shape index (κ1) is 14.7. The highest BCUT2D eigenvalue weighted by Crippen LogP contribution is 2.41. The van der Waals surface area contributed by atoms with E-state index in [0.29, 0.717) is 6.54 Å². The van der Waals surface area contributed by atoms with E-state index >= 15 is 0 Å². The van der Waals surface area contributed by atoms with Gasteiger partial charge in [-0.15, -0.1) is 22.7 Å². The first-order valence-corrected chi connectivity index (χ1v) is 9.33. The van der Waals surface area contributed by atoms with Crippen molar-refractivity contribution in [3.63, 3.8) is 0 Å². The van der Waals surface area contributed by atoms with Crippen molar-refractivity contribution in [3.8, 4) is 0 Å². The fourth-order valence-electron chi connectivity index (χ4n) is 3.13. The number of amides is 1. The summed E-state index contributed by atoms with van der Waals surface area (Å²) in [6, 6.07) is 4.18. The van der Waals surface area contributed by atoms with Crippen molar-refractivity contribution in [1.29, 1.82) is 0 Å². The van der Waals surface area contributed by atoms with E-state index in [1.807, 2.05) is 10.9 Å². The fourth-order valence-corrected chi connectivity index (χ4v) is 4.70. The van der Waals surface area contributed by atoms with Crippen LogP contribution in [0.1, 0.15) is 42.7 Å². The van der Waals surface area contributed by atoms with Crippen molar-refractivity contribution in [1.82, 2.24) is 10.3 Å². The predicted molar refractivity (Wildman–Crippen MR) is 87.9 cm³/mol. The highest BCUT2D eigenvalue weighted by atomic mass is 32.1. The van der Waals surface area contributed by atoms with Gasteiger partial charge in [-0.25, -0.2) is 4.98 Å². The minimum Gasteiger partial charge on any atom is -0.355 e. The summed E-state index contributed by atoms with van der Waals surface area (Å²) < 4.78 is 0. The molecule has 0 radical (unpaired) electrons. The van der Waals surface area contributed by atoms with Crippen LogP contribution in [0, 0.1) is 0 Å². The van der Waals surface area contributed by atoms with Gasteiger partial charge in [0, 0.05) is 23.2 Å². The lowest BCUT2D eigenvalue weighted by atomic mass is 9.72. The number of nitrogens with one attached hydrogen (secondary N) is 1. The summed E-state index contributed by atoms with van der Waals surface area (Å²) in [5.74, 6) is 0.208. The van der Waals surface area contributed by atoms with Crippen molar-refractivity contribution in [2.24, 2.45) is 0 Å². The summed E-state index contributed by atoms with van der Waals surface area (Å²) in [5.41, 5.74) is 2.62. The van der Waals surface area contributed by atoms with Crippen molar-refractivity contribution in [3.05, 3.63) is 39.0 Å². The van der Waals surface area contributed by atoms with Gasteiger partial charge in [-0.2, -0.15) is 0 Å². The summed E-state index contributed by atoms with van der Waals surface area (Å²) in [4.78, 5) is 18.3. The van der Waals surface area contributed by atoms with E-state index in [0.717, 1.165) is 37.8 Å². The highest BCUT2D eigenvalue weighted by Gasteiger charge is 2.41. The maximum atomic E-state index is 12.8. The third-order valence-corrected chi connectivity index (χ3v) is 5.99. The number of carbonyl (C=O) groups excluding carboxylic acids is 1. The molecule has 2 aromatic heterocycles. The molecule has 3 rings (SSSR count). The summed E-state index contributed by atoms with van der Waals surface area (Å²) in [7, 11) is 0. The molecule has 1 aliphatic carbocycles. The van der Waals surface area contributed by atoms with Crippen LogP contribution < -0.4 is 5.32 Å². The maximum Gasteiger partial charge on any atom is 0.231 e. The molecule has 2 heterocycles. The summed E-state index contributed by atoms with van der Waals surface area (Å²) in [6.45, 7) is 0.676. The Hall–Kier alpha value is -1.20. The molecule has 21 heavy (non-hydrogen) atoms. The van der Waals surface area contributed by atoms with Crippen LogP contribution in [0.2, 0.25) is 0 Å². The lowest BCUT2D eigenvalue weighted by molar-refractivity contribution is -0.127. The molecule has 2 aromatic rings. The molecule has 0 atom stereocenters. The smallest absolute Gasteiger partial charge is 0.231 e. The number of rotatable bonds is 5. The molecule has 3 nitrogen and oxygen atoms in total. The quantitative estimate of drug-likeness (QED) is 0.911. The van der Waals surface area contributed by atoms with Crippen LogP contribution in [0.25, 0.3) is 0 Å². The number of aromatic nitrogens is 1. The molecule has 112 valence electrons. The van der Waals surface area contributed by atoms with Crippen molar-refractivity contribution < 1.29 is 4.79 Å². The van der Waals surface area contributed by atoms with E-state index in [-0.39, 0.29) is 11.3 Å². The normalized spacial score (nSPS) is 17.5. The van der Waals surface area contributed by atoms with Gasteiger partial charge in [-0.3, -0.25) is 4.79 Å². The van der Waals surface area contributed by atoms with Crippen LogP contribution in [0.15, 0.2) is 28.4 Å². The van der Waals surface area contributed by atoms with Gasteiger partial charge in [0.05, 0.1) is 16.6 Å². The molecule has 1 amide bonds. The van der Waals surface area contributed by atoms with E-state index < -0.39 is 0 Å².